The maximum atomic E-state index is 5.85. The zero-order chi connectivity index (χ0) is 13.7. The molecule has 0 amide bonds. The summed E-state index contributed by atoms with van der Waals surface area (Å²) in [5, 5.41) is 0.753. The van der Waals surface area contributed by atoms with E-state index in [1.165, 1.54) is 25.9 Å². The normalized spacial score (nSPS) is 19.3. The van der Waals surface area contributed by atoms with Crippen molar-refractivity contribution in [1.82, 2.24) is 4.90 Å². The van der Waals surface area contributed by atoms with Gasteiger partial charge in [0.15, 0.2) is 0 Å². The third kappa shape index (κ3) is 5.04. The minimum absolute atomic E-state index is 0.559. The van der Waals surface area contributed by atoms with Crippen molar-refractivity contribution >= 4 is 11.6 Å². The van der Waals surface area contributed by atoms with Crippen LogP contribution >= 0.6 is 11.6 Å². The van der Waals surface area contributed by atoms with E-state index in [0.717, 1.165) is 29.8 Å². The summed E-state index contributed by atoms with van der Waals surface area (Å²) in [7, 11) is 0. The number of nitrogens with zero attached hydrogens (tertiary/aromatic N) is 1. The molecule has 1 atom stereocenters. The van der Waals surface area contributed by atoms with Crippen molar-refractivity contribution < 1.29 is 4.74 Å². The molecule has 1 saturated heterocycles. The number of rotatable bonds is 5. The molecule has 2 rings (SSSR count). The second kappa shape index (κ2) is 7.16. The van der Waals surface area contributed by atoms with Gasteiger partial charge in [0.25, 0.3) is 0 Å². The van der Waals surface area contributed by atoms with Gasteiger partial charge in [-0.05, 0) is 56.1 Å². The van der Waals surface area contributed by atoms with Crippen molar-refractivity contribution in [2.75, 3.05) is 26.2 Å². The Bertz CT molecular complexity index is 371. The van der Waals surface area contributed by atoms with Crippen LogP contribution in [-0.4, -0.2) is 31.1 Å². The molecule has 1 aromatic carbocycles. The molecule has 1 fully saturated rings. The van der Waals surface area contributed by atoms with E-state index < -0.39 is 0 Å². The minimum atomic E-state index is 0.559. The van der Waals surface area contributed by atoms with Gasteiger partial charge in [-0.1, -0.05) is 25.4 Å². The van der Waals surface area contributed by atoms with E-state index in [1.54, 1.807) is 0 Å². The highest BCUT2D eigenvalue weighted by atomic mass is 35.5. The van der Waals surface area contributed by atoms with E-state index in [0.29, 0.717) is 5.92 Å². The van der Waals surface area contributed by atoms with Crippen molar-refractivity contribution in [2.45, 2.75) is 26.7 Å². The molecular weight excluding hydrogens is 258 g/mol. The van der Waals surface area contributed by atoms with Crippen molar-refractivity contribution in [3.05, 3.63) is 29.3 Å². The largest absolute Gasteiger partial charge is 0.493 e. The third-order valence-electron chi connectivity index (χ3n) is 3.79. The summed E-state index contributed by atoms with van der Waals surface area (Å²) in [6.07, 6.45) is 2.68. The van der Waals surface area contributed by atoms with Crippen LogP contribution in [0.4, 0.5) is 0 Å². The molecule has 1 heterocycles. The molecule has 0 spiro atoms. The van der Waals surface area contributed by atoms with Crippen LogP contribution in [-0.2, 0) is 0 Å². The summed E-state index contributed by atoms with van der Waals surface area (Å²) in [6.45, 7) is 9.01. The zero-order valence-corrected chi connectivity index (χ0v) is 12.7. The van der Waals surface area contributed by atoms with Crippen LogP contribution in [0.3, 0.4) is 0 Å². The van der Waals surface area contributed by atoms with Crippen LogP contribution < -0.4 is 4.74 Å². The Hall–Kier alpha value is -0.730. The zero-order valence-electron chi connectivity index (χ0n) is 11.9. The lowest BCUT2D eigenvalue weighted by molar-refractivity contribution is 0.146. The molecule has 0 radical (unpaired) electrons. The monoisotopic (exact) mass is 281 g/mol. The smallest absolute Gasteiger partial charge is 0.119 e. The molecule has 1 aliphatic heterocycles. The van der Waals surface area contributed by atoms with Gasteiger partial charge in [-0.2, -0.15) is 0 Å². The fourth-order valence-corrected chi connectivity index (χ4v) is 2.63. The summed E-state index contributed by atoms with van der Waals surface area (Å²) in [4.78, 5) is 2.57. The van der Waals surface area contributed by atoms with E-state index in [4.69, 9.17) is 16.3 Å². The second-order valence-electron chi connectivity index (χ2n) is 5.85. The van der Waals surface area contributed by atoms with E-state index in [-0.39, 0.29) is 0 Å². The standard InChI is InChI=1S/C16H24ClNO/c1-13-7-9-18(10-8-13)11-14(2)12-19-16-5-3-15(17)4-6-16/h3-6,13-14H,7-12H2,1-2H3/t14-/m0/s1. The Kier molecular flexibility index (Phi) is 5.53. The molecule has 0 aliphatic carbocycles. The number of likely N-dealkylation sites (tertiary alicyclic amines) is 1. The van der Waals surface area contributed by atoms with Gasteiger partial charge >= 0.3 is 0 Å². The van der Waals surface area contributed by atoms with Crippen LogP contribution in [0.15, 0.2) is 24.3 Å². The van der Waals surface area contributed by atoms with Gasteiger partial charge in [0.2, 0.25) is 0 Å². The van der Waals surface area contributed by atoms with Crippen LogP contribution in [0, 0.1) is 11.8 Å². The number of benzene rings is 1. The first-order chi connectivity index (χ1) is 9.13. The van der Waals surface area contributed by atoms with E-state index in [2.05, 4.69) is 18.7 Å². The first-order valence-corrected chi connectivity index (χ1v) is 7.62. The van der Waals surface area contributed by atoms with Gasteiger partial charge in [0.1, 0.15) is 5.75 Å². The Morgan fingerprint density at radius 1 is 1.26 bits per heavy atom. The lowest BCUT2D eigenvalue weighted by Gasteiger charge is -2.32. The van der Waals surface area contributed by atoms with Crippen LogP contribution in [0.5, 0.6) is 5.75 Å². The van der Waals surface area contributed by atoms with Crippen LogP contribution in [0.1, 0.15) is 26.7 Å². The minimum Gasteiger partial charge on any atom is -0.493 e. The van der Waals surface area contributed by atoms with Gasteiger partial charge in [0.05, 0.1) is 6.61 Å². The topological polar surface area (TPSA) is 12.5 Å². The molecule has 19 heavy (non-hydrogen) atoms. The lowest BCUT2D eigenvalue weighted by Crippen LogP contribution is -2.37. The van der Waals surface area contributed by atoms with Crippen molar-refractivity contribution in [3.63, 3.8) is 0 Å². The maximum Gasteiger partial charge on any atom is 0.119 e. The Labute approximate surface area is 121 Å². The molecule has 2 nitrogen and oxygen atoms in total. The highest BCUT2D eigenvalue weighted by molar-refractivity contribution is 6.30. The van der Waals surface area contributed by atoms with Crippen LogP contribution in [0.2, 0.25) is 5.02 Å². The molecule has 0 aromatic heterocycles. The number of hydrogen-bond acceptors (Lipinski definition) is 2. The van der Waals surface area contributed by atoms with E-state index in [9.17, 15) is 0 Å². The number of ether oxygens (including phenoxy) is 1. The maximum absolute atomic E-state index is 5.85. The Morgan fingerprint density at radius 3 is 2.53 bits per heavy atom. The van der Waals surface area contributed by atoms with Gasteiger partial charge in [-0.3, -0.25) is 0 Å². The van der Waals surface area contributed by atoms with Crippen molar-refractivity contribution in [2.24, 2.45) is 11.8 Å². The van der Waals surface area contributed by atoms with E-state index in [1.807, 2.05) is 24.3 Å². The van der Waals surface area contributed by atoms with Crippen molar-refractivity contribution in [1.29, 1.82) is 0 Å². The molecular formula is C16H24ClNO. The SMILES string of the molecule is CC1CCN(C[C@H](C)COc2ccc(Cl)cc2)CC1. The molecule has 0 N–H and O–H groups in total. The van der Waals surface area contributed by atoms with Gasteiger partial charge < -0.3 is 9.64 Å². The first-order valence-electron chi connectivity index (χ1n) is 7.24. The average Bonchev–Trinajstić information content (AvgIpc) is 2.41. The molecule has 106 valence electrons. The highest BCUT2D eigenvalue weighted by Gasteiger charge is 2.17. The van der Waals surface area contributed by atoms with Crippen molar-refractivity contribution in [3.8, 4) is 5.75 Å². The quantitative estimate of drug-likeness (QED) is 0.806. The number of halogens is 1. The molecule has 0 bridgehead atoms. The third-order valence-corrected chi connectivity index (χ3v) is 4.05. The predicted octanol–water partition coefficient (Wildman–Crippen LogP) is 4.09. The number of hydrogen-bond donors (Lipinski definition) is 0. The molecule has 0 saturated carbocycles. The molecule has 1 aromatic rings. The molecule has 3 heteroatoms. The summed E-state index contributed by atoms with van der Waals surface area (Å²) in [5.74, 6) is 2.37. The van der Waals surface area contributed by atoms with Gasteiger partial charge in [0, 0.05) is 17.5 Å². The lowest BCUT2D eigenvalue weighted by atomic mass is 9.98. The highest BCUT2D eigenvalue weighted by Crippen LogP contribution is 2.18. The summed E-state index contributed by atoms with van der Waals surface area (Å²) in [5.41, 5.74) is 0. The van der Waals surface area contributed by atoms with Gasteiger partial charge in [-0.15, -0.1) is 0 Å². The fraction of sp³-hybridized carbons (Fsp3) is 0.625. The average molecular weight is 282 g/mol. The van der Waals surface area contributed by atoms with Gasteiger partial charge in [-0.25, -0.2) is 0 Å². The Balaban J connectivity index is 1.69. The fourth-order valence-electron chi connectivity index (χ4n) is 2.51. The molecule has 0 unspecified atom stereocenters. The summed E-state index contributed by atoms with van der Waals surface area (Å²) < 4.78 is 5.80. The summed E-state index contributed by atoms with van der Waals surface area (Å²) in [6, 6.07) is 7.59. The first kappa shape index (κ1) is 14.7. The number of piperidine rings is 1. The second-order valence-corrected chi connectivity index (χ2v) is 6.29. The Morgan fingerprint density at radius 2 is 1.89 bits per heavy atom. The van der Waals surface area contributed by atoms with Crippen LogP contribution in [0.25, 0.3) is 0 Å². The van der Waals surface area contributed by atoms with E-state index >= 15 is 0 Å². The summed E-state index contributed by atoms with van der Waals surface area (Å²) >= 11 is 5.85. The molecule has 1 aliphatic rings. The predicted molar refractivity (Wildman–Crippen MR) is 80.9 cm³/mol.